The first kappa shape index (κ1) is 24.3. The molecule has 36 heavy (non-hydrogen) atoms. The Morgan fingerprint density at radius 3 is 2.61 bits per heavy atom. The SMILES string of the molecule is Cc1cc(-c2ncccc2-c2ccc3c(c2)C(OCCN2CCN(C)CC2)=CC(C)C=N3)ccc1F. The topological polar surface area (TPSA) is 41.0 Å². The molecule has 3 heterocycles. The zero-order valence-electron chi connectivity index (χ0n) is 21.2. The maximum Gasteiger partial charge on any atom is 0.126 e. The highest BCUT2D eigenvalue weighted by Gasteiger charge is 2.18. The number of likely N-dealkylation sites (N-methyl/N-ethyl adjacent to an activating group) is 1. The Morgan fingerprint density at radius 1 is 1.00 bits per heavy atom. The number of ether oxygens (including phenoxy) is 1. The van der Waals surface area contributed by atoms with Gasteiger partial charge in [-0.15, -0.1) is 0 Å². The molecule has 2 aromatic carbocycles. The lowest BCUT2D eigenvalue weighted by Crippen LogP contribution is -2.45. The van der Waals surface area contributed by atoms with Gasteiger partial charge in [0.2, 0.25) is 0 Å². The molecule has 6 heteroatoms. The summed E-state index contributed by atoms with van der Waals surface area (Å²) in [6.45, 7) is 9.79. The summed E-state index contributed by atoms with van der Waals surface area (Å²) in [7, 11) is 2.17. The lowest BCUT2D eigenvalue weighted by atomic mass is 9.96. The molecule has 1 aromatic heterocycles. The molecule has 0 bridgehead atoms. The highest BCUT2D eigenvalue weighted by Crippen LogP contribution is 2.37. The van der Waals surface area contributed by atoms with Gasteiger partial charge in [0, 0.05) is 67.7 Å². The van der Waals surface area contributed by atoms with Gasteiger partial charge in [-0.2, -0.15) is 0 Å². The second-order valence-corrected chi connectivity index (χ2v) is 9.76. The number of benzene rings is 2. The van der Waals surface area contributed by atoms with Crippen molar-refractivity contribution in [3.8, 4) is 22.4 Å². The minimum atomic E-state index is -0.211. The monoisotopic (exact) mass is 484 g/mol. The number of fused-ring (bicyclic) bond motifs is 1. The molecule has 0 radical (unpaired) electrons. The predicted octanol–water partition coefficient (Wildman–Crippen LogP) is 5.82. The fourth-order valence-electron chi connectivity index (χ4n) is 4.73. The third-order valence-corrected chi connectivity index (χ3v) is 6.94. The quantitative estimate of drug-likeness (QED) is 0.442. The third kappa shape index (κ3) is 5.40. The Hall–Kier alpha value is -3.35. The number of rotatable bonds is 6. The Balaban J connectivity index is 1.44. The van der Waals surface area contributed by atoms with Crippen molar-refractivity contribution in [2.24, 2.45) is 10.9 Å². The van der Waals surface area contributed by atoms with E-state index in [4.69, 9.17) is 9.73 Å². The van der Waals surface area contributed by atoms with E-state index in [1.807, 2.05) is 24.4 Å². The molecular formula is C30H33FN4O. The molecule has 0 N–H and O–H groups in total. The fraction of sp³-hybridized carbons (Fsp3) is 0.333. The lowest BCUT2D eigenvalue weighted by molar-refractivity contribution is 0.127. The van der Waals surface area contributed by atoms with Gasteiger partial charge in [-0.3, -0.25) is 14.9 Å². The molecule has 2 aliphatic rings. The Bertz CT molecular complexity index is 1290. The average Bonchev–Trinajstić information content (AvgIpc) is 3.05. The Kier molecular flexibility index (Phi) is 7.25. The molecule has 1 saturated heterocycles. The van der Waals surface area contributed by atoms with Gasteiger partial charge in [0.15, 0.2) is 0 Å². The molecule has 5 nitrogen and oxygen atoms in total. The summed E-state index contributed by atoms with van der Waals surface area (Å²) in [5.41, 5.74) is 6.22. The fourth-order valence-corrected chi connectivity index (χ4v) is 4.73. The van der Waals surface area contributed by atoms with E-state index < -0.39 is 0 Å². The van der Waals surface area contributed by atoms with E-state index in [2.05, 4.69) is 53.0 Å². The number of aryl methyl sites for hydroxylation is 1. The molecule has 5 rings (SSSR count). The van der Waals surface area contributed by atoms with Crippen LogP contribution in [0.1, 0.15) is 18.1 Å². The number of halogens is 1. The van der Waals surface area contributed by atoms with Crippen molar-refractivity contribution >= 4 is 17.7 Å². The average molecular weight is 485 g/mol. The number of piperazine rings is 1. The molecule has 1 fully saturated rings. The van der Waals surface area contributed by atoms with Crippen LogP contribution in [0.3, 0.4) is 0 Å². The molecule has 0 spiro atoms. The highest BCUT2D eigenvalue weighted by molar-refractivity contribution is 5.87. The van der Waals surface area contributed by atoms with E-state index in [-0.39, 0.29) is 11.7 Å². The number of nitrogens with zero attached hydrogens (tertiary/aromatic N) is 4. The van der Waals surface area contributed by atoms with Crippen LogP contribution in [0.4, 0.5) is 10.1 Å². The van der Waals surface area contributed by atoms with Crippen LogP contribution in [0.2, 0.25) is 0 Å². The number of pyridine rings is 1. The molecule has 0 amide bonds. The van der Waals surface area contributed by atoms with E-state index in [1.54, 1.807) is 19.2 Å². The van der Waals surface area contributed by atoms with Crippen molar-refractivity contribution in [3.63, 3.8) is 0 Å². The Labute approximate surface area is 213 Å². The van der Waals surface area contributed by atoms with Crippen LogP contribution in [0.25, 0.3) is 28.1 Å². The normalized spacial score (nSPS) is 18.4. The largest absolute Gasteiger partial charge is 0.492 e. The van der Waals surface area contributed by atoms with Gasteiger partial charge in [0.05, 0.1) is 11.4 Å². The summed E-state index contributed by atoms with van der Waals surface area (Å²) in [6.07, 6.45) is 5.89. The number of aromatic nitrogens is 1. The van der Waals surface area contributed by atoms with E-state index in [0.717, 1.165) is 72.1 Å². The van der Waals surface area contributed by atoms with Crippen LogP contribution >= 0.6 is 0 Å². The third-order valence-electron chi connectivity index (χ3n) is 6.94. The maximum absolute atomic E-state index is 13.9. The number of hydrogen-bond acceptors (Lipinski definition) is 5. The van der Waals surface area contributed by atoms with Crippen molar-refractivity contribution in [1.82, 2.24) is 14.8 Å². The second-order valence-electron chi connectivity index (χ2n) is 9.76. The number of aliphatic imine (C=N–C) groups is 1. The van der Waals surface area contributed by atoms with Crippen molar-refractivity contribution < 1.29 is 9.13 Å². The Morgan fingerprint density at radius 2 is 1.81 bits per heavy atom. The summed E-state index contributed by atoms with van der Waals surface area (Å²) in [4.78, 5) is 14.2. The molecular weight excluding hydrogens is 451 g/mol. The zero-order valence-corrected chi connectivity index (χ0v) is 21.2. The minimum absolute atomic E-state index is 0.177. The summed E-state index contributed by atoms with van der Waals surface area (Å²) in [6, 6.07) is 15.4. The van der Waals surface area contributed by atoms with Crippen LogP contribution in [0, 0.1) is 18.7 Å². The van der Waals surface area contributed by atoms with Crippen molar-refractivity contribution in [2.45, 2.75) is 13.8 Å². The molecule has 1 atom stereocenters. The molecule has 0 aliphatic carbocycles. The van der Waals surface area contributed by atoms with Crippen molar-refractivity contribution in [1.29, 1.82) is 0 Å². The van der Waals surface area contributed by atoms with Gasteiger partial charge < -0.3 is 9.64 Å². The molecule has 3 aromatic rings. The lowest BCUT2D eigenvalue weighted by Gasteiger charge is -2.32. The predicted molar refractivity (Wildman–Crippen MR) is 145 cm³/mol. The number of allylic oxidation sites excluding steroid dienone is 1. The summed E-state index contributed by atoms with van der Waals surface area (Å²) in [5.74, 6) is 0.835. The van der Waals surface area contributed by atoms with Crippen LogP contribution in [-0.4, -0.2) is 67.4 Å². The van der Waals surface area contributed by atoms with E-state index in [0.29, 0.717) is 12.2 Å². The van der Waals surface area contributed by atoms with Gasteiger partial charge in [0.25, 0.3) is 0 Å². The van der Waals surface area contributed by atoms with E-state index in [9.17, 15) is 4.39 Å². The summed E-state index contributed by atoms with van der Waals surface area (Å²) < 4.78 is 20.3. The van der Waals surface area contributed by atoms with Gasteiger partial charge in [-0.25, -0.2) is 4.39 Å². The second kappa shape index (κ2) is 10.7. The van der Waals surface area contributed by atoms with Crippen LogP contribution in [0.15, 0.2) is 65.8 Å². The first-order valence-electron chi connectivity index (χ1n) is 12.6. The number of hydrogen-bond donors (Lipinski definition) is 0. The molecule has 2 aliphatic heterocycles. The standard InChI is InChI=1S/C30H33FN4O/c1-21-17-29(36-16-15-35-13-11-34(3)12-14-35)26-19-23(7-9-28(26)33-20-21)25-5-4-10-32-30(25)24-6-8-27(31)22(2)18-24/h4-10,17-21H,11-16H2,1-3H3. The molecule has 1 unspecified atom stereocenters. The minimum Gasteiger partial charge on any atom is -0.492 e. The van der Waals surface area contributed by atoms with Crippen molar-refractivity contribution in [3.05, 3.63) is 77.7 Å². The summed E-state index contributed by atoms with van der Waals surface area (Å²) >= 11 is 0. The summed E-state index contributed by atoms with van der Waals surface area (Å²) in [5, 5.41) is 0. The van der Waals surface area contributed by atoms with Crippen LogP contribution in [0.5, 0.6) is 0 Å². The maximum atomic E-state index is 13.9. The first-order chi connectivity index (χ1) is 17.5. The van der Waals surface area contributed by atoms with Gasteiger partial charge in [-0.1, -0.05) is 19.1 Å². The van der Waals surface area contributed by atoms with Crippen LogP contribution < -0.4 is 0 Å². The van der Waals surface area contributed by atoms with E-state index in [1.165, 1.54) is 6.07 Å². The van der Waals surface area contributed by atoms with Crippen molar-refractivity contribution in [2.75, 3.05) is 46.4 Å². The van der Waals surface area contributed by atoms with Crippen LogP contribution in [-0.2, 0) is 4.74 Å². The smallest absolute Gasteiger partial charge is 0.126 e. The van der Waals surface area contributed by atoms with Gasteiger partial charge >= 0.3 is 0 Å². The molecule has 186 valence electrons. The zero-order chi connectivity index (χ0) is 25.1. The van der Waals surface area contributed by atoms with Gasteiger partial charge in [-0.05, 0) is 67.6 Å². The highest BCUT2D eigenvalue weighted by atomic mass is 19.1. The molecule has 0 saturated carbocycles. The first-order valence-corrected chi connectivity index (χ1v) is 12.6. The van der Waals surface area contributed by atoms with Gasteiger partial charge in [0.1, 0.15) is 18.2 Å². The van der Waals surface area contributed by atoms with E-state index >= 15 is 0 Å².